The van der Waals surface area contributed by atoms with Gasteiger partial charge in [0, 0.05) is 16.3 Å². The molecule has 0 fully saturated rings. The minimum Gasteiger partial charge on any atom is -0.326 e. The molecular weight excluding hydrogens is 226 g/mol. The summed E-state index contributed by atoms with van der Waals surface area (Å²) in [5.41, 5.74) is 6.91. The van der Waals surface area contributed by atoms with Gasteiger partial charge in [0.05, 0.1) is 0 Å². The Balaban J connectivity index is 2.11. The molecule has 84 valence electrons. The van der Waals surface area contributed by atoms with Crippen molar-refractivity contribution in [1.29, 1.82) is 0 Å². The van der Waals surface area contributed by atoms with Crippen molar-refractivity contribution < 1.29 is 0 Å². The van der Waals surface area contributed by atoms with Crippen molar-refractivity contribution in [3.8, 4) is 10.4 Å². The zero-order chi connectivity index (χ0) is 11.7. The third-order valence-corrected chi connectivity index (χ3v) is 4.05. The monoisotopic (exact) mass is 239 g/mol. The highest BCUT2D eigenvalue weighted by atomic mass is 32.1. The highest BCUT2D eigenvalue weighted by Crippen LogP contribution is 2.30. The summed E-state index contributed by atoms with van der Waals surface area (Å²) >= 11 is 1.77. The van der Waals surface area contributed by atoms with E-state index in [-0.39, 0.29) is 0 Å². The predicted octanol–water partition coefficient (Wildman–Crippen LogP) is 4.03. The standard InChI is InChI=1S/C15H13NS/c16-10-14-7-8-15(17-14)13-6-5-11-3-1-2-4-12(11)9-13/h1-9H,10,16H2. The molecule has 0 atom stereocenters. The lowest BCUT2D eigenvalue weighted by atomic mass is 10.1. The second-order valence-corrected chi connectivity index (χ2v) is 5.20. The first-order valence-electron chi connectivity index (χ1n) is 5.65. The Kier molecular flexibility index (Phi) is 2.67. The molecule has 0 radical (unpaired) electrons. The highest BCUT2D eigenvalue weighted by molar-refractivity contribution is 7.15. The molecule has 2 N–H and O–H groups in total. The van der Waals surface area contributed by atoms with Crippen LogP contribution in [0, 0.1) is 0 Å². The normalized spacial score (nSPS) is 10.9. The maximum absolute atomic E-state index is 5.64. The molecule has 1 aromatic heterocycles. The van der Waals surface area contributed by atoms with Crippen molar-refractivity contribution in [2.45, 2.75) is 6.54 Å². The topological polar surface area (TPSA) is 26.0 Å². The van der Waals surface area contributed by atoms with Crippen LogP contribution in [0.2, 0.25) is 0 Å². The van der Waals surface area contributed by atoms with Gasteiger partial charge in [0.25, 0.3) is 0 Å². The molecule has 17 heavy (non-hydrogen) atoms. The lowest BCUT2D eigenvalue weighted by molar-refractivity contribution is 1.11. The molecule has 0 aliphatic carbocycles. The van der Waals surface area contributed by atoms with Crippen molar-refractivity contribution in [2.75, 3.05) is 0 Å². The number of hydrogen-bond donors (Lipinski definition) is 1. The van der Waals surface area contributed by atoms with E-state index in [4.69, 9.17) is 5.73 Å². The van der Waals surface area contributed by atoms with Gasteiger partial charge in [0.15, 0.2) is 0 Å². The Hall–Kier alpha value is -1.64. The van der Waals surface area contributed by atoms with Crippen LogP contribution >= 0.6 is 11.3 Å². The number of fused-ring (bicyclic) bond motifs is 1. The van der Waals surface area contributed by atoms with Crippen LogP contribution in [0.4, 0.5) is 0 Å². The minimum atomic E-state index is 0.623. The SMILES string of the molecule is NCc1ccc(-c2ccc3ccccc3c2)s1. The lowest BCUT2D eigenvalue weighted by Crippen LogP contribution is -1.90. The molecule has 0 aliphatic heterocycles. The smallest absolute Gasteiger partial charge is 0.0346 e. The number of thiophene rings is 1. The van der Waals surface area contributed by atoms with Crippen molar-refractivity contribution in [1.82, 2.24) is 0 Å². The van der Waals surface area contributed by atoms with Gasteiger partial charge in [-0.3, -0.25) is 0 Å². The van der Waals surface area contributed by atoms with Gasteiger partial charge in [-0.15, -0.1) is 11.3 Å². The summed E-state index contributed by atoms with van der Waals surface area (Å²) in [6.45, 7) is 0.623. The van der Waals surface area contributed by atoms with Crippen molar-refractivity contribution >= 4 is 22.1 Å². The third kappa shape index (κ3) is 1.97. The van der Waals surface area contributed by atoms with Gasteiger partial charge in [0.1, 0.15) is 0 Å². The summed E-state index contributed by atoms with van der Waals surface area (Å²) in [4.78, 5) is 2.52. The fourth-order valence-corrected chi connectivity index (χ4v) is 2.87. The van der Waals surface area contributed by atoms with Crippen molar-refractivity contribution in [3.63, 3.8) is 0 Å². The Morgan fingerprint density at radius 3 is 2.47 bits per heavy atom. The van der Waals surface area contributed by atoms with Gasteiger partial charge in [-0.2, -0.15) is 0 Å². The van der Waals surface area contributed by atoms with Gasteiger partial charge < -0.3 is 5.73 Å². The molecule has 0 amide bonds. The van der Waals surface area contributed by atoms with Gasteiger partial charge >= 0.3 is 0 Å². The van der Waals surface area contributed by atoms with Crippen LogP contribution in [0.5, 0.6) is 0 Å². The van der Waals surface area contributed by atoms with Gasteiger partial charge in [-0.25, -0.2) is 0 Å². The van der Waals surface area contributed by atoms with Crippen LogP contribution in [-0.4, -0.2) is 0 Å². The van der Waals surface area contributed by atoms with E-state index in [1.807, 2.05) is 0 Å². The Morgan fingerprint density at radius 2 is 1.71 bits per heavy atom. The van der Waals surface area contributed by atoms with E-state index in [0.29, 0.717) is 6.54 Å². The quantitative estimate of drug-likeness (QED) is 0.718. The van der Waals surface area contributed by atoms with Crippen molar-refractivity contribution in [3.05, 3.63) is 59.5 Å². The first-order chi connectivity index (χ1) is 8.36. The average molecular weight is 239 g/mol. The average Bonchev–Trinajstić information content (AvgIpc) is 2.87. The molecular formula is C15H13NS. The van der Waals surface area contributed by atoms with E-state index >= 15 is 0 Å². The molecule has 1 heterocycles. The van der Waals surface area contributed by atoms with Gasteiger partial charge in [0.2, 0.25) is 0 Å². The van der Waals surface area contributed by atoms with Gasteiger partial charge in [-0.05, 0) is 34.5 Å². The zero-order valence-electron chi connectivity index (χ0n) is 9.39. The fraction of sp³-hybridized carbons (Fsp3) is 0.0667. The molecule has 0 saturated carbocycles. The number of rotatable bonds is 2. The second-order valence-electron chi connectivity index (χ2n) is 4.03. The molecule has 2 aromatic carbocycles. The molecule has 1 nitrogen and oxygen atoms in total. The Morgan fingerprint density at radius 1 is 0.882 bits per heavy atom. The largest absolute Gasteiger partial charge is 0.326 e. The maximum atomic E-state index is 5.64. The summed E-state index contributed by atoms with van der Waals surface area (Å²) in [5, 5.41) is 2.57. The summed E-state index contributed by atoms with van der Waals surface area (Å²) in [6.07, 6.45) is 0. The maximum Gasteiger partial charge on any atom is 0.0346 e. The van der Waals surface area contributed by atoms with E-state index in [1.54, 1.807) is 11.3 Å². The molecule has 0 saturated heterocycles. The molecule has 3 aromatic rings. The van der Waals surface area contributed by atoms with Crippen LogP contribution < -0.4 is 5.73 Å². The van der Waals surface area contributed by atoms with Crippen LogP contribution in [0.3, 0.4) is 0 Å². The summed E-state index contributed by atoms with van der Waals surface area (Å²) < 4.78 is 0. The van der Waals surface area contributed by atoms with Crippen LogP contribution in [0.1, 0.15) is 4.88 Å². The van der Waals surface area contributed by atoms with E-state index < -0.39 is 0 Å². The Bertz CT molecular complexity index is 655. The van der Waals surface area contributed by atoms with Crippen LogP contribution in [0.15, 0.2) is 54.6 Å². The first-order valence-corrected chi connectivity index (χ1v) is 6.46. The van der Waals surface area contributed by atoms with E-state index in [1.165, 1.54) is 26.1 Å². The molecule has 3 rings (SSSR count). The Labute approximate surface area is 105 Å². The molecule has 0 aliphatic rings. The van der Waals surface area contributed by atoms with E-state index in [2.05, 4.69) is 54.6 Å². The first kappa shape index (κ1) is 10.5. The lowest BCUT2D eigenvalue weighted by Gasteiger charge is -2.01. The summed E-state index contributed by atoms with van der Waals surface area (Å²) in [5.74, 6) is 0. The summed E-state index contributed by atoms with van der Waals surface area (Å²) in [7, 11) is 0. The third-order valence-electron chi connectivity index (χ3n) is 2.90. The number of hydrogen-bond acceptors (Lipinski definition) is 2. The number of nitrogens with two attached hydrogens (primary N) is 1. The zero-order valence-corrected chi connectivity index (χ0v) is 10.2. The van der Waals surface area contributed by atoms with E-state index in [9.17, 15) is 0 Å². The second kappa shape index (κ2) is 4.32. The summed E-state index contributed by atoms with van der Waals surface area (Å²) in [6, 6.07) is 19.3. The van der Waals surface area contributed by atoms with Gasteiger partial charge in [-0.1, -0.05) is 36.4 Å². The van der Waals surface area contributed by atoms with Crippen LogP contribution in [0.25, 0.3) is 21.2 Å². The molecule has 0 unspecified atom stereocenters. The predicted molar refractivity (Wildman–Crippen MR) is 75.2 cm³/mol. The molecule has 0 spiro atoms. The van der Waals surface area contributed by atoms with Crippen LogP contribution in [-0.2, 0) is 6.54 Å². The minimum absolute atomic E-state index is 0.623. The van der Waals surface area contributed by atoms with Crippen molar-refractivity contribution in [2.24, 2.45) is 5.73 Å². The number of benzene rings is 2. The molecule has 0 bridgehead atoms. The fourth-order valence-electron chi connectivity index (χ4n) is 1.99. The molecule has 2 heteroatoms. The van der Waals surface area contributed by atoms with E-state index in [0.717, 1.165) is 0 Å². The highest BCUT2D eigenvalue weighted by Gasteiger charge is 2.02.